The third kappa shape index (κ3) is 4.27. The van der Waals surface area contributed by atoms with Crippen molar-refractivity contribution in [3.63, 3.8) is 0 Å². The molecule has 12 heteroatoms. The highest BCUT2D eigenvalue weighted by molar-refractivity contribution is 4.94. The molecule has 0 radical (unpaired) electrons. The van der Waals surface area contributed by atoms with Gasteiger partial charge in [-0.1, -0.05) is 0 Å². The molecule has 2 aliphatic rings. The zero-order valence-electron chi connectivity index (χ0n) is 13.5. The SMILES string of the molecule is CNO[C@@H]1[C@@H](O)[C@@H](O[C@H]2[C@H](O)[C@@H](O)[C@H](O)O[C@@H]2CO)O[C@H](CO)[C@H]1O. The number of hydrogen-bond donors (Lipinski definition) is 8. The number of hydroxylamine groups is 1. The summed E-state index contributed by atoms with van der Waals surface area (Å²) in [5, 5.41) is 68.2. The molecule has 0 amide bonds. The average Bonchev–Trinajstić information content (AvgIpc) is 2.60. The fraction of sp³-hybridized carbons (Fsp3) is 1.00. The molecule has 2 saturated heterocycles. The van der Waals surface area contributed by atoms with Crippen molar-refractivity contribution >= 4 is 0 Å². The van der Waals surface area contributed by atoms with Crippen molar-refractivity contribution < 1.29 is 54.8 Å². The van der Waals surface area contributed by atoms with E-state index in [0.717, 1.165) is 0 Å². The van der Waals surface area contributed by atoms with Crippen LogP contribution in [-0.2, 0) is 19.0 Å². The summed E-state index contributed by atoms with van der Waals surface area (Å²) in [5.41, 5.74) is 2.31. The Balaban J connectivity index is 2.15. The van der Waals surface area contributed by atoms with Gasteiger partial charge in [-0.05, 0) is 0 Å². The Kier molecular flexibility index (Phi) is 7.45. The molecule has 0 saturated carbocycles. The van der Waals surface area contributed by atoms with Gasteiger partial charge in [-0.15, -0.1) is 0 Å². The van der Waals surface area contributed by atoms with Crippen LogP contribution in [0.5, 0.6) is 0 Å². The smallest absolute Gasteiger partial charge is 0.187 e. The maximum absolute atomic E-state index is 10.3. The number of rotatable bonds is 6. The molecule has 0 aromatic carbocycles. The van der Waals surface area contributed by atoms with Crippen molar-refractivity contribution in [1.82, 2.24) is 5.48 Å². The van der Waals surface area contributed by atoms with Gasteiger partial charge in [-0.3, -0.25) is 4.84 Å². The molecule has 148 valence electrons. The second kappa shape index (κ2) is 8.94. The predicted molar refractivity (Wildman–Crippen MR) is 76.5 cm³/mol. The maximum Gasteiger partial charge on any atom is 0.187 e. The van der Waals surface area contributed by atoms with Gasteiger partial charge in [0, 0.05) is 7.05 Å². The Morgan fingerprint density at radius 2 is 1.44 bits per heavy atom. The van der Waals surface area contributed by atoms with Crippen LogP contribution in [0.2, 0.25) is 0 Å². The Morgan fingerprint density at radius 1 is 0.800 bits per heavy atom. The summed E-state index contributed by atoms with van der Waals surface area (Å²) in [4.78, 5) is 5.02. The first-order valence-corrected chi connectivity index (χ1v) is 7.76. The van der Waals surface area contributed by atoms with Gasteiger partial charge < -0.3 is 50.0 Å². The standard InChI is InChI=1S/C13H25NO11/c1-14-25-11-6(17)4(2-15)23-13(9(11)20)24-10-5(3-16)22-12(21)8(19)7(10)18/h4-21H,2-3H2,1H3/t4-,5-,6-,7-,8-,9-,10-,11+,12-,13-/m1/s1. The molecule has 25 heavy (non-hydrogen) atoms. The van der Waals surface area contributed by atoms with E-state index >= 15 is 0 Å². The number of nitrogens with one attached hydrogen (secondary N) is 1. The molecule has 2 fully saturated rings. The summed E-state index contributed by atoms with van der Waals surface area (Å²) in [6, 6.07) is 0. The summed E-state index contributed by atoms with van der Waals surface area (Å²) in [5.74, 6) is 0. The third-order valence-corrected chi connectivity index (χ3v) is 4.21. The van der Waals surface area contributed by atoms with Gasteiger partial charge in [0.15, 0.2) is 12.6 Å². The first-order chi connectivity index (χ1) is 11.8. The second-order valence-corrected chi connectivity index (χ2v) is 5.82. The molecule has 0 spiro atoms. The van der Waals surface area contributed by atoms with Crippen LogP contribution in [0.4, 0.5) is 0 Å². The molecule has 0 unspecified atom stereocenters. The average molecular weight is 371 g/mol. The van der Waals surface area contributed by atoms with E-state index < -0.39 is 74.6 Å². The highest BCUT2D eigenvalue weighted by Crippen LogP contribution is 2.29. The summed E-state index contributed by atoms with van der Waals surface area (Å²) < 4.78 is 15.6. The number of aliphatic hydroxyl groups excluding tert-OH is 7. The largest absolute Gasteiger partial charge is 0.394 e. The third-order valence-electron chi connectivity index (χ3n) is 4.21. The van der Waals surface area contributed by atoms with Crippen molar-refractivity contribution in [2.45, 2.75) is 61.4 Å². The minimum absolute atomic E-state index is 0.605. The maximum atomic E-state index is 10.3. The number of hydrogen-bond acceptors (Lipinski definition) is 12. The lowest BCUT2D eigenvalue weighted by Gasteiger charge is -2.45. The van der Waals surface area contributed by atoms with Crippen molar-refractivity contribution in [3.05, 3.63) is 0 Å². The van der Waals surface area contributed by atoms with Crippen LogP contribution in [0.1, 0.15) is 0 Å². The topological polar surface area (TPSA) is 191 Å². The molecule has 0 aromatic rings. The molecule has 2 rings (SSSR count). The van der Waals surface area contributed by atoms with Gasteiger partial charge in [0.1, 0.15) is 48.8 Å². The molecule has 2 aliphatic heterocycles. The summed E-state index contributed by atoms with van der Waals surface area (Å²) >= 11 is 0. The number of ether oxygens (including phenoxy) is 3. The van der Waals surface area contributed by atoms with Gasteiger partial charge >= 0.3 is 0 Å². The molecular formula is C13H25NO11. The minimum atomic E-state index is -1.73. The molecule has 12 nitrogen and oxygen atoms in total. The summed E-state index contributed by atoms with van der Waals surface area (Å²) in [6.07, 6.45) is -14.5. The zero-order chi connectivity index (χ0) is 18.7. The van der Waals surface area contributed by atoms with Crippen LogP contribution in [0.3, 0.4) is 0 Å². The van der Waals surface area contributed by atoms with Crippen molar-refractivity contribution in [2.24, 2.45) is 0 Å². The lowest BCUT2D eigenvalue weighted by molar-refractivity contribution is -0.360. The van der Waals surface area contributed by atoms with Crippen LogP contribution in [-0.4, -0.2) is 117 Å². The minimum Gasteiger partial charge on any atom is -0.394 e. The predicted octanol–water partition coefficient (Wildman–Crippen LogP) is -5.24. The normalized spacial score (nSPS) is 48.5. The van der Waals surface area contributed by atoms with Crippen molar-refractivity contribution in [2.75, 3.05) is 20.3 Å². The van der Waals surface area contributed by atoms with Crippen LogP contribution in [0.15, 0.2) is 0 Å². The highest BCUT2D eigenvalue weighted by atomic mass is 16.7. The van der Waals surface area contributed by atoms with Gasteiger partial charge in [-0.25, -0.2) is 5.48 Å². The van der Waals surface area contributed by atoms with Crippen molar-refractivity contribution in [1.29, 1.82) is 0 Å². The first-order valence-electron chi connectivity index (χ1n) is 7.76. The second-order valence-electron chi connectivity index (χ2n) is 5.82. The van der Waals surface area contributed by atoms with Crippen LogP contribution < -0.4 is 5.48 Å². The molecule has 0 bridgehead atoms. The van der Waals surface area contributed by atoms with Crippen LogP contribution in [0, 0.1) is 0 Å². The van der Waals surface area contributed by atoms with Gasteiger partial charge in [0.05, 0.1) is 13.2 Å². The fourth-order valence-corrected chi connectivity index (χ4v) is 2.83. The van der Waals surface area contributed by atoms with Crippen LogP contribution >= 0.6 is 0 Å². The Hall–Kier alpha value is -0.480. The Bertz CT molecular complexity index is 413. The lowest BCUT2D eigenvalue weighted by atomic mass is 9.97. The Morgan fingerprint density at radius 3 is 2.00 bits per heavy atom. The molecule has 0 aromatic heterocycles. The van der Waals surface area contributed by atoms with E-state index in [1.807, 2.05) is 0 Å². The summed E-state index contributed by atoms with van der Waals surface area (Å²) in [7, 11) is 1.40. The molecule has 0 aliphatic carbocycles. The molecular weight excluding hydrogens is 346 g/mol. The highest BCUT2D eigenvalue weighted by Gasteiger charge is 2.51. The fourth-order valence-electron chi connectivity index (χ4n) is 2.83. The zero-order valence-corrected chi connectivity index (χ0v) is 13.5. The molecule has 10 atom stereocenters. The van der Waals surface area contributed by atoms with Gasteiger partial charge in [-0.2, -0.15) is 0 Å². The molecule has 8 N–H and O–H groups in total. The lowest BCUT2D eigenvalue weighted by Crippen LogP contribution is -2.65. The van der Waals surface area contributed by atoms with E-state index in [4.69, 9.17) is 19.0 Å². The van der Waals surface area contributed by atoms with E-state index in [1.165, 1.54) is 7.05 Å². The van der Waals surface area contributed by atoms with E-state index in [9.17, 15) is 35.7 Å². The monoisotopic (exact) mass is 371 g/mol. The van der Waals surface area contributed by atoms with Gasteiger partial charge in [0.25, 0.3) is 0 Å². The first kappa shape index (κ1) is 20.8. The van der Waals surface area contributed by atoms with Crippen LogP contribution in [0.25, 0.3) is 0 Å². The quantitative estimate of drug-likeness (QED) is 0.207. The van der Waals surface area contributed by atoms with E-state index in [1.54, 1.807) is 0 Å². The Labute approximate surface area is 143 Å². The number of aliphatic hydroxyl groups is 7. The van der Waals surface area contributed by atoms with Crippen molar-refractivity contribution in [3.8, 4) is 0 Å². The van der Waals surface area contributed by atoms with Gasteiger partial charge in [0.2, 0.25) is 0 Å². The van der Waals surface area contributed by atoms with E-state index in [2.05, 4.69) is 5.48 Å². The molecule has 2 heterocycles. The van der Waals surface area contributed by atoms with E-state index in [-0.39, 0.29) is 0 Å². The van der Waals surface area contributed by atoms with E-state index in [0.29, 0.717) is 0 Å². The summed E-state index contributed by atoms with van der Waals surface area (Å²) in [6.45, 7) is -1.26.